The quantitative estimate of drug-likeness (QED) is 0.645. The predicted molar refractivity (Wildman–Crippen MR) is 32.2 cm³/mol. The van der Waals surface area contributed by atoms with Crippen LogP contribution in [0.3, 0.4) is 0 Å². The van der Waals surface area contributed by atoms with Crippen molar-refractivity contribution >= 4 is 52.1 Å². The maximum absolute atomic E-state index is 5.20. The summed E-state index contributed by atoms with van der Waals surface area (Å²) in [5.41, 5.74) is 0. The Morgan fingerprint density at radius 2 is 1.20 bits per heavy atom. The van der Waals surface area contributed by atoms with Crippen molar-refractivity contribution in [1.29, 1.82) is 0 Å². The van der Waals surface area contributed by atoms with E-state index in [0.29, 0.717) is 0 Å². The first-order valence-corrected chi connectivity index (χ1v) is 20.8. The van der Waals surface area contributed by atoms with Crippen molar-refractivity contribution in [3.63, 3.8) is 0 Å². The van der Waals surface area contributed by atoms with E-state index >= 15 is 0 Å². The summed E-state index contributed by atoms with van der Waals surface area (Å²) < 4.78 is 0. The average molecular weight is 301 g/mol. The predicted octanol–water partition coefficient (Wildman–Crippen LogP) is 2.53. The van der Waals surface area contributed by atoms with Gasteiger partial charge in [-0.05, 0) is 0 Å². The maximum atomic E-state index is 5.20. The molecule has 0 saturated heterocycles. The van der Waals surface area contributed by atoms with E-state index in [1.54, 1.807) is 0 Å². The zero-order valence-electron chi connectivity index (χ0n) is 2.09. The van der Waals surface area contributed by atoms with Gasteiger partial charge in [-0.25, -0.2) is 0 Å². The van der Waals surface area contributed by atoms with Crippen molar-refractivity contribution < 1.29 is 0 Å². The molecule has 0 radical (unpaired) electrons. The topological polar surface area (TPSA) is 0 Å². The molecule has 0 aromatic heterocycles. The van der Waals surface area contributed by atoms with Crippen LogP contribution in [-0.4, -0.2) is 14.1 Å². The van der Waals surface area contributed by atoms with E-state index in [9.17, 15) is 0 Å². The summed E-state index contributed by atoms with van der Waals surface area (Å²) in [4.78, 5) is 0. The fraction of sp³-hybridized carbons (Fsp3) is 0. The van der Waals surface area contributed by atoms with E-state index < -0.39 is 14.1 Å². The van der Waals surface area contributed by atoms with Crippen LogP contribution in [0.1, 0.15) is 0 Å². The molecule has 0 aliphatic carbocycles. The Morgan fingerprint density at radius 1 is 1.20 bits per heavy atom. The van der Waals surface area contributed by atoms with Crippen LogP contribution in [0.25, 0.3) is 0 Å². The van der Waals surface area contributed by atoms with Crippen molar-refractivity contribution in [2.24, 2.45) is 0 Å². The minimum absolute atomic E-state index is 2.89. The van der Waals surface area contributed by atoms with Gasteiger partial charge in [0.2, 0.25) is 0 Å². The zero-order valence-corrected chi connectivity index (χ0v) is 9.24. The molecule has 0 aromatic rings. The first-order valence-electron chi connectivity index (χ1n) is 0.873. The molecule has 0 bridgehead atoms. The molecule has 0 amide bonds. The first kappa shape index (κ1) is 7.22. The molecule has 0 aromatic carbocycles. The monoisotopic (exact) mass is 299 g/mol. The van der Waals surface area contributed by atoms with Gasteiger partial charge in [-0.2, -0.15) is 0 Å². The SMILES string of the molecule is [Cl][In-]([Cl])([Cl])[Br]. The van der Waals surface area contributed by atoms with Crippen LogP contribution in [0.5, 0.6) is 0 Å². The van der Waals surface area contributed by atoms with Crippen LogP contribution in [-0.2, 0) is 0 Å². The normalized spacial score (nSPS) is 12.0. The number of hydrogen-bond acceptors (Lipinski definition) is 0. The van der Waals surface area contributed by atoms with Crippen LogP contribution in [0, 0.1) is 0 Å². The van der Waals surface area contributed by atoms with E-state index in [-0.39, 0.29) is 0 Å². The van der Waals surface area contributed by atoms with Crippen molar-refractivity contribution in [3.05, 3.63) is 0 Å². The van der Waals surface area contributed by atoms with Crippen LogP contribution in [0.2, 0.25) is 0 Å². The molecule has 0 spiro atoms. The summed E-state index contributed by atoms with van der Waals surface area (Å²) in [7, 11) is 15.6. The third kappa shape index (κ3) is 22.5. The number of hydrogen-bond donors (Lipinski definition) is 0. The Morgan fingerprint density at radius 3 is 1.20 bits per heavy atom. The van der Waals surface area contributed by atoms with Gasteiger partial charge >= 0.3 is 52.1 Å². The van der Waals surface area contributed by atoms with Crippen molar-refractivity contribution in [1.82, 2.24) is 0 Å². The van der Waals surface area contributed by atoms with Crippen molar-refractivity contribution in [2.45, 2.75) is 0 Å². The van der Waals surface area contributed by atoms with E-state index in [4.69, 9.17) is 25.7 Å². The third-order valence-electron chi connectivity index (χ3n) is 0. The molecule has 32 valence electrons. The fourth-order valence-electron chi connectivity index (χ4n) is 0. The minimum atomic E-state index is -3.03. The molecule has 0 unspecified atom stereocenters. The standard InChI is InChI=1S/BrH.3ClH.In/h4*1H;/q;;;;+3/p-4. The Bertz CT molecular complexity index is 22.4. The second-order valence-electron chi connectivity index (χ2n) is 0.495. The number of halogens is 4. The molecule has 0 heterocycles. The van der Waals surface area contributed by atoms with Crippen LogP contribution < -0.4 is 0 Å². The van der Waals surface area contributed by atoms with Crippen LogP contribution in [0.4, 0.5) is 0 Å². The van der Waals surface area contributed by atoms with E-state index in [2.05, 4.69) is 12.3 Å². The van der Waals surface area contributed by atoms with E-state index in [0.717, 1.165) is 0 Å². The molecular formula is BrCl3In-. The van der Waals surface area contributed by atoms with Gasteiger partial charge in [-0.3, -0.25) is 0 Å². The van der Waals surface area contributed by atoms with Crippen LogP contribution >= 0.6 is 38.0 Å². The van der Waals surface area contributed by atoms with Gasteiger partial charge in [0, 0.05) is 0 Å². The summed E-state index contributed by atoms with van der Waals surface area (Å²) in [6.45, 7) is 0. The number of rotatable bonds is 0. The summed E-state index contributed by atoms with van der Waals surface area (Å²) in [5.74, 6) is 0. The molecule has 0 N–H and O–H groups in total. The van der Waals surface area contributed by atoms with Crippen molar-refractivity contribution in [3.8, 4) is 0 Å². The Balaban J connectivity index is 3.02. The van der Waals surface area contributed by atoms with Crippen molar-refractivity contribution in [2.75, 3.05) is 0 Å². The first-order chi connectivity index (χ1) is 2.00. The second-order valence-corrected chi connectivity index (χ2v) is 40.8. The molecule has 0 saturated carbocycles. The van der Waals surface area contributed by atoms with Gasteiger partial charge in [-0.1, -0.05) is 0 Å². The molecule has 5 heavy (non-hydrogen) atoms. The fourth-order valence-corrected chi connectivity index (χ4v) is 0. The summed E-state index contributed by atoms with van der Waals surface area (Å²) in [6.07, 6.45) is 0. The molecule has 0 fully saturated rings. The second kappa shape index (κ2) is 2.51. The van der Waals surface area contributed by atoms with Crippen LogP contribution in [0.15, 0.2) is 0 Å². The Kier molecular flexibility index (Phi) is 3.62. The van der Waals surface area contributed by atoms with Gasteiger partial charge in [0.25, 0.3) is 0 Å². The molecule has 0 atom stereocenters. The Labute approximate surface area is 51.3 Å². The van der Waals surface area contributed by atoms with E-state index in [1.165, 1.54) is 0 Å². The molecule has 0 nitrogen and oxygen atoms in total. The Hall–Kier alpha value is 2.22. The molecular weight excluding hydrogens is 301 g/mol. The summed E-state index contributed by atoms with van der Waals surface area (Å²) in [6, 6.07) is 0. The van der Waals surface area contributed by atoms with Gasteiger partial charge < -0.3 is 0 Å². The van der Waals surface area contributed by atoms with Gasteiger partial charge in [0.05, 0.1) is 0 Å². The molecule has 0 rings (SSSR count). The third-order valence-corrected chi connectivity index (χ3v) is 0. The molecule has 0 aliphatic heterocycles. The summed E-state index contributed by atoms with van der Waals surface area (Å²) >= 11 is -0.140. The van der Waals surface area contributed by atoms with Gasteiger partial charge in [0.1, 0.15) is 0 Å². The molecule has 0 aliphatic rings. The summed E-state index contributed by atoms with van der Waals surface area (Å²) in [5, 5.41) is 0. The van der Waals surface area contributed by atoms with Gasteiger partial charge in [0.15, 0.2) is 0 Å². The average Bonchev–Trinajstić information content (AvgIpc) is 0.722. The van der Waals surface area contributed by atoms with E-state index in [1.807, 2.05) is 0 Å². The zero-order chi connectivity index (χ0) is 4.50. The molecule has 5 heteroatoms. The van der Waals surface area contributed by atoms with Gasteiger partial charge in [-0.15, -0.1) is 0 Å².